The van der Waals surface area contributed by atoms with Crippen molar-refractivity contribution in [2.75, 3.05) is 26.2 Å². The van der Waals surface area contributed by atoms with Gasteiger partial charge >= 0.3 is 0 Å². The van der Waals surface area contributed by atoms with Gasteiger partial charge in [-0.2, -0.15) is 0 Å². The highest BCUT2D eigenvalue weighted by atomic mass is 79.9. The molecule has 1 fully saturated rings. The van der Waals surface area contributed by atoms with Crippen molar-refractivity contribution in [3.05, 3.63) is 34.3 Å². The lowest BCUT2D eigenvalue weighted by atomic mass is 10.1. The van der Waals surface area contributed by atoms with E-state index in [1.54, 1.807) is 0 Å². The van der Waals surface area contributed by atoms with Crippen LogP contribution in [-0.4, -0.2) is 31.1 Å². The van der Waals surface area contributed by atoms with Gasteiger partial charge < -0.3 is 5.32 Å². The number of rotatable bonds is 2. The molecule has 2 rings (SSSR count). The second kappa shape index (κ2) is 8.33. The van der Waals surface area contributed by atoms with Gasteiger partial charge in [-0.3, -0.25) is 4.90 Å². The first-order chi connectivity index (χ1) is 7.27. The Bertz CT molecular complexity index is 330. The fourth-order valence-electron chi connectivity index (χ4n) is 2.05. The third kappa shape index (κ3) is 4.76. The number of piperazine rings is 1. The van der Waals surface area contributed by atoms with Gasteiger partial charge in [0.25, 0.3) is 0 Å². The molecule has 0 aliphatic carbocycles. The molecule has 0 spiro atoms. The molecule has 0 aromatic heterocycles. The molecule has 0 radical (unpaired) electrons. The molecule has 1 aliphatic heterocycles. The molecule has 1 atom stereocenters. The van der Waals surface area contributed by atoms with Gasteiger partial charge in [0.05, 0.1) is 0 Å². The Morgan fingerprint density at radius 2 is 1.88 bits per heavy atom. The Hall–Kier alpha value is 0.200. The van der Waals surface area contributed by atoms with E-state index in [1.165, 1.54) is 10.0 Å². The summed E-state index contributed by atoms with van der Waals surface area (Å²) in [5, 5.41) is 3.38. The summed E-state index contributed by atoms with van der Waals surface area (Å²) in [6.07, 6.45) is 0. The van der Waals surface area contributed by atoms with E-state index in [-0.39, 0.29) is 24.8 Å². The van der Waals surface area contributed by atoms with Gasteiger partial charge in [0.2, 0.25) is 0 Å². The molecule has 1 saturated heterocycles. The van der Waals surface area contributed by atoms with Crippen molar-refractivity contribution in [2.45, 2.75) is 13.0 Å². The Labute approximate surface area is 124 Å². The molecule has 1 N–H and O–H groups in total. The Morgan fingerprint density at radius 1 is 1.24 bits per heavy atom. The second-order valence-electron chi connectivity index (χ2n) is 4.02. The van der Waals surface area contributed by atoms with E-state index >= 15 is 0 Å². The molecule has 17 heavy (non-hydrogen) atoms. The first kappa shape index (κ1) is 17.2. The van der Waals surface area contributed by atoms with Crippen molar-refractivity contribution in [1.29, 1.82) is 0 Å². The van der Waals surface area contributed by atoms with Crippen LogP contribution in [-0.2, 0) is 0 Å². The van der Waals surface area contributed by atoms with Crippen LogP contribution in [0.2, 0.25) is 0 Å². The third-order valence-corrected chi connectivity index (χ3v) is 3.52. The fourth-order valence-corrected chi connectivity index (χ4v) is 2.46. The van der Waals surface area contributed by atoms with Crippen molar-refractivity contribution in [3.63, 3.8) is 0 Å². The molecule has 1 aliphatic rings. The predicted octanol–water partition coefficient (Wildman–Crippen LogP) is 3.26. The maximum Gasteiger partial charge on any atom is 0.0321 e. The van der Waals surface area contributed by atoms with E-state index in [9.17, 15) is 0 Å². The van der Waals surface area contributed by atoms with Crippen LogP contribution >= 0.6 is 40.7 Å². The fraction of sp³-hybridized carbons (Fsp3) is 0.500. The summed E-state index contributed by atoms with van der Waals surface area (Å²) in [7, 11) is 0. The minimum atomic E-state index is 0. The summed E-state index contributed by atoms with van der Waals surface area (Å²) in [6, 6.07) is 9.13. The first-order valence-electron chi connectivity index (χ1n) is 5.47. The van der Waals surface area contributed by atoms with Crippen molar-refractivity contribution in [2.24, 2.45) is 0 Å². The van der Waals surface area contributed by atoms with Crippen LogP contribution in [0, 0.1) is 0 Å². The highest BCUT2D eigenvalue weighted by Crippen LogP contribution is 2.23. The quantitative estimate of drug-likeness (QED) is 0.888. The number of hydrogen-bond acceptors (Lipinski definition) is 2. The van der Waals surface area contributed by atoms with Gasteiger partial charge in [-0.15, -0.1) is 24.8 Å². The highest BCUT2D eigenvalue weighted by molar-refractivity contribution is 9.10. The van der Waals surface area contributed by atoms with Crippen molar-refractivity contribution < 1.29 is 0 Å². The molecule has 5 heteroatoms. The molecule has 0 amide bonds. The van der Waals surface area contributed by atoms with Crippen molar-refractivity contribution >= 4 is 40.7 Å². The molecule has 0 unspecified atom stereocenters. The molecular weight excluding hydrogens is 323 g/mol. The van der Waals surface area contributed by atoms with Gasteiger partial charge in [0.1, 0.15) is 0 Å². The summed E-state index contributed by atoms with van der Waals surface area (Å²) in [4.78, 5) is 2.53. The SMILES string of the molecule is C[C@H](c1cccc(Br)c1)N1CCNCC1.Cl.Cl. The maximum atomic E-state index is 3.52. The Kier molecular flexibility index (Phi) is 8.43. The van der Waals surface area contributed by atoms with Gasteiger partial charge in [0.15, 0.2) is 0 Å². The van der Waals surface area contributed by atoms with Crippen LogP contribution in [0.15, 0.2) is 28.7 Å². The first-order valence-corrected chi connectivity index (χ1v) is 6.27. The number of nitrogens with one attached hydrogen (secondary N) is 1. The largest absolute Gasteiger partial charge is 0.314 e. The van der Waals surface area contributed by atoms with Gasteiger partial charge in [-0.25, -0.2) is 0 Å². The van der Waals surface area contributed by atoms with E-state index in [0.29, 0.717) is 6.04 Å². The zero-order chi connectivity index (χ0) is 10.7. The molecular formula is C12H19BrCl2N2. The predicted molar refractivity (Wildman–Crippen MR) is 81.5 cm³/mol. The van der Waals surface area contributed by atoms with Crippen LogP contribution in [0.3, 0.4) is 0 Å². The van der Waals surface area contributed by atoms with Crippen LogP contribution in [0.25, 0.3) is 0 Å². The summed E-state index contributed by atoms with van der Waals surface area (Å²) in [5.74, 6) is 0. The van der Waals surface area contributed by atoms with Crippen LogP contribution < -0.4 is 5.32 Å². The van der Waals surface area contributed by atoms with E-state index in [2.05, 4.69) is 57.3 Å². The zero-order valence-electron chi connectivity index (χ0n) is 9.86. The lowest BCUT2D eigenvalue weighted by molar-refractivity contribution is 0.185. The maximum absolute atomic E-state index is 3.52. The number of nitrogens with zero attached hydrogens (tertiary/aromatic N) is 1. The van der Waals surface area contributed by atoms with Crippen molar-refractivity contribution in [1.82, 2.24) is 10.2 Å². The van der Waals surface area contributed by atoms with Crippen LogP contribution in [0.1, 0.15) is 18.5 Å². The van der Waals surface area contributed by atoms with E-state index < -0.39 is 0 Å². The molecule has 1 aromatic carbocycles. The lowest BCUT2D eigenvalue weighted by Gasteiger charge is -2.33. The van der Waals surface area contributed by atoms with Crippen molar-refractivity contribution in [3.8, 4) is 0 Å². The topological polar surface area (TPSA) is 15.3 Å². The highest BCUT2D eigenvalue weighted by Gasteiger charge is 2.17. The van der Waals surface area contributed by atoms with E-state index in [0.717, 1.165) is 26.2 Å². The lowest BCUT2D eigenvalue weighted by Crippen LogP contribution is -2.44. The number of hydrogen-bond donors (Lipinski definition) is 1. The normalized spacial score (nSPS) is 17.8. The van der Waals surface area contributed by atoms with Crippen LogP contribution in [0.5, 0.6) is 0 Å². The van der Waals surface area contributed by atoms with E-state index in [1.807, 2.05) is 0 Å². The van der Waals surface area contributed by atoms with E-state index in [4.69, 9.17) is 0 Å². The molecule has 0 bridgehead atoms. The summed E-state index contributed by atoms with van der Waals surface area (Å²) in [6.45, 7) is 6.80. The zero-order valence-corrected chi connectivity index (χ0v) is 13.1. The second-order valence-corrected chi connectivity index (χ2v) is 4.93. The molecule has 1 aromatic rings. The number of halogens is 3. The molecule has 1 heterocycles. The van der Waals surface area contributed by atoms with Gasteiger partial charge in [0, 0.05) is 36.7 Å². The Morgan fingerprint density at radius 3 is 2.47 bits per heavy atom. The third-order valence-electron chi connectivity index (χ3n) is 3.03. The molecule has 98 valence electrons. The monoisotopic (exact) mass is 340 g/mol. The van der Waals surface area contributed by atoms with Crippen LogP contribution in [0.4, 0.5) is 0 Å². The summed E-state index contributed by atoms with van der Waals surface area (Å²) >= 11 is 3.52. The summed E-state index contributed by atoms with van der Waals surface area (Å²) in [5.41, 5.74) is 1.39. The average Bonchev–Trinajstić information content (AvgIpc) is 2.29. The van der Waals surface area contributed by atoms with Gasteiger partial charge in [-0.05, 0) is 24.6 Å². The smallest absolute Gasteiger partial charge is 0.0321 e. The Balaban J connectivity index is 0.00000128. The summed E-state index contributed by atoms with van der Waals surface area (Å²) < 4.78 is 1.17. The molecule has 0 saturated carbocycles. The minimum Gasteiger partial charge on any atom is -0.314 e. The molecule has 2 nitrogen and oxygen atoms in total. The minimum absolute atomic E-state index is 0. The average molecular weight is 342 g/mol. The standard InChI is InChI=1S/C12H17BrN2.2ClH/c1-10(15-7-5-14-6-8-15)11-3-2-4-12(13)9-11;;/h2-4,9-10,14H,5-8H2,1H3;2*1H/t10-;;/m1../s1. The number of benzene rings is 1. The van der Waals surface area contributed by atoms with Gasteiger partial charge in [-0.1, -0.05) is 28.1 Å².